The minimum atomic E-state index is -5.18. The van der Waals surface area contributed by atoms with Crippen molar-refractivity contribution in [2.45, 2.75) is 17.2 Å². The third-order valence-corrected chi connectivity index (χ3v) is 7.12. The number of alkyl halides is 6. The maximum atomic E-state index is 13.2. The molecule has 1 aromatic heterocycles. The van der Waals surface area contributed by atoms with Crippen molar-refractivity contribution in [2.24, 2.45) is 0 Å². The van der Waals surface area contributed by atoms with Crippen molar-refractivity contribution in [3.8, 4) is 11.3 Å². The smallest absolute Gasteiger partial charge is 0.353 e. The van der Waals surface area contributed by atoms with Crippen molar-refractivity contribution in [3.05, 3.63) is 65.7 Å². The van der Waals surface area contributed by atoms with Gasteiger partial charge in [0.15, 0.2) is 5.82 Å². The van der Waals surface area contributed by atoms with Gasteiger partial charge in [-0.2, -0.15) is 26.3 Å². The largest absolute Gasteiger partial charge is 0.416 e. The zero-order chi connectivity index (χ0) is 27.0. The Morgan fingerprint density at radius 3 is 1.97 bits per heavy atom. The number of rotatable bonds is 5. The topological polar surface area (TPSA) is 78.4 Å². The number of anilines is 2. The van der Waals surface area contributed by atoms with Gasteiger partial charge in [-0.05, 0) is 49.5 Å². The first-order chi connectivity index (χ1) is 17.2. The fourth-order valence-corrected chi connectivity index (χ4v) is 4.84. The summed E-state index contributed by atoms with van der Waals surface area (Å²) >= 11 is 0. The van der Waals surface area contributed by atoms with E-state index in [2.05, 4.69) is 20.0 Å². The highest BCUT2D eigenvalue weighted by atomic mass is 32.2. The van der Waals surface area contributed by atoms with Crippen LogP contribution in [0, 0.1) is 0 Å². The molecule has 4 rings (SSSR count). The number of piperazine rings is 1. The van der Waals surface area contributed by atoms with E-state index in [0.29, 0.717) is 17.1 Å². The van der Waals surface area contributed by atoms with Gasteiger partial charge in [0.1, 0.15) is 0 Å². The van der Waals surface area contributed by atoms with E-state index in [0.717, 1.165) is 26.2 Å². The first-order valence-corrected chi connectivity index (χ1v) is 12.4. The Kier molecular flexibility index (Phi) is 7.08. The molecule has 14 heteroatoms. The predicted molar refractivity (Wildman–Crippen MR) is 124 cm³/mol. The summed E-state index contributed by atoms with van der Waals surface area (Å²) in [6.45, 7) is 3.32. The molecular weight excluding hydrogens is 524 g/mol. The molecule has 0 amide bonds. The minimum absolute atomic E-state index is 0.0755. The fraction of sp³-hybridized carbons (Fsp3) is 0.304. The van der Waals surface area contributed by atoms with Crippen LogP contribution >= 0.6 is 0 Å². The van der Waals surface area contributed by atoms with Crippen molar-refractivity contribution in [1.29, 1.82) is 0 Å². The Morgan fingerprint density at radius 2 is 1.43 bits per heavy atom. The van der Waals surface area contributed by atoms with E-state index in [-0.39, 0.29) is 23.9 Å². The third-order valence-electron chi connectivity index (χ3n) is 5.76. The molecular formula is C23H21F6N5O2S. The fourth-order valence-electron chi connectivity index (χ4n) is 3.72. The number of aromatic nitrogens is 2. The molecule has 1 aliphatic rings. The molecule has 0 radical (unpaired) electrons. The monoisotopic (exact) mass is 545 g/mol. The van der Waals surface area contributed by atoms with E-state index in [1.807, 2.05) is 11.8 Å². The van der Waals surface area contributed by atoms with Crippen molar-refractivity contribution in [2.75, 3.05) is 42.8 Å². The molecule has 1 saturated heterocycles. The van der Waals surface area contributed by atoms with Crippen LogP contribution in [0.2, 0.25) is 0 Å². The number of hydrogen-bond acceptors (Lipinski definition) is 6. The van der Waals surface area contributed by atoms with Gasteiger partial charge in [0.2, 0.25) is 0 Å². The van der Waals surface area contributed by atoms with Crippen LogP contribution in [0.5, 0.6) is 0 Å². The van der Waals surface area contributed by atoms with Crippen LogP contribution in [0.25, 0.3) is 11.3 Å². The Bertz CT molecular complexity index is 1340. The lowest BCUT2D eigenvalue weighted by Gasteiger charge is -2.32. The van der Waals surface area contributed by atoms with E-state index < -0.39 is 38.4 Å². The van der Waals surface area contributed by atoms with Crippen LogP contribution in [0.1, 0.15) is 11.1 Å². The molecule has 2 aromatic carbocycles. The van der Waals surface area contributed by atoms with Crippen molar-refractivity contribution in [3.63, 3.8) is 0 Å². The molecule has 198 valence electrons. The lowest BCUT2D eigenvalue weighted by atomic mass is 10.1. The zero-order valence-corrected chi connectivity index (χ0v) is 20.1. The second-order valence-electron chi connectivity index (χ2n) is 8.49. The maximum absolute atomic E-state index is 13.2. The molecule has 7 nitrogen and oxygen atoms in total. The number of sulfonamides is 1. The lowest BCUT2D eigenvalue weighted by Crippen LogP contribution is -2.44. The Balaban J connectivity index is 1.59. The summed E-state index contributed by atoms with van der Waals surface area (Å²) in [6.07, 6.45) is -10.4. The van der Waals surface area contributed by atoms with Gasteiger partial charge in [0.05, 0.1) is 21.7 Å². The van der Waals surface area contributed by atoms with Gasteiger partial charge < -0.3 is 9.80 Å². The van der Waals surface area contributed by atoms with Gasteiger partial charge in [-0.3, -0.25) is 4.72 Å². The number of halogens is 6. The molecule has 3 aromatic rings. The highest BCUT2D eigenvalue weighted by Crippen LogP contribution is 2.37. The Hall–Kier alpha value is -3.39. The van der Waals surface area contributed by atoms with Gasteiger partial charge in [0, 0.05) is 37.4 Å². The first-order valence-electron chi connectivity index (χ1n) is 10.9. The van der Waals surface area contributed by atoms with E-state index in [1.54, 1.807) is 18.2 Å². The standard InChI is InChI=1S/C23H21F6N5O2S/c1-33-7-9-34(10-8-33)21-6-5-20(30-31-21)15-3-2-4-18(11-15)32-37(35,36)19-13-16(22(24,25)26)12-17(14-19)23(27,28)29/h2-6,11-14,32H,7-10H2,1H3. The SMILES string of the molecule is CN1CCN(c2ccc(-c3cccc(NS(=O)(=O)c4cc(C(F)(F)F)cc(C(F)(F)F)c4)c3)nn2)CC1. The average molecular weight is 546 g/mol. The molecule has 37 heavy (non-hydrogen) atoms. The Labute approximate surface area is 208 Å². The van der Waals surface area contributed by atoms with Gasteiger partial charge >= 0.3 is 12.4 Å². The first kappa shape index (κ1) is 26.7. The van der Waals surface area contributed by atoms with Crippen LogP contribution in [-0.2, 0) is 22.4 Å². The maximum Gasteiger partial charge on any atom is 0.416 e. The summed E-state index contributed by atoms with van der Waals surface area (Å²) in [5.41, 5.74) is -2.69. The molecule has 1 aliphatic heterocycles. The third kappa shape index (κ3) is 6.31. The normalized spacial score (nSPS) is 15.6. The second kappa shape index (κ2) is 9.82. The van der Waals surface area contributed by atoms with Crippen molar-refractivity contribution < 1.29 is 34.8 Å². The minimum Gasteiger partial charge on any atom is -0.353 e. The molecule has 0 aliphatic carbocycles. The number of nitrogens with zero attached hydrogens (tertiary/aromatic N) is 4. The zero-order valence-electron chi connectivity index (χ0n) is 19.3. The van der Waals surface area contributed by atoms with Crippen molar-refractivity contribution in [1.82, 2.24) is 15.1 Å². The summed E-state index contributed by atoms with van der Waals surface area (Å²) in [4.78, 5) is 3.09. The number of hydrogen-bond donors (Lipinski definition) is 1. The van der Waals surface area contributed by atoms with Crippen LogP contribution < -0.4 is 9.62 Å². The molecule has 1 N–H and O–H groups in total. The quantitative estimate of drug-likeness (QED) is 0.467. The van der Waals surface area contributed by atoms with E-state index in [9.17, 15) is 34.8 Å². The number of nitrogens with one attached hydrogen (secondary N) is 1. The second-order valence-corrected chi connectivity index (χ2v) is 10.2. The highest BCUT2D eigenvalue weighted by Gasteiger charge is 2.38. The number of benzene rings is 2. The van der Waals surface area contributed by atoms with Crippen LogP contribution in [0.4, 0.5) is 37.8 Å². The summed E-state index contributed by atoms with van der Waals surface area (Å²) in [5.74, 6) is 0.679. The van der Waals surface area contributed by atoms with Gasteiger partial charge in [-0.25, -0.2) is 8.42 Å². The van der Waals surface area contributed by atoms with Crippen molar-refractivity contribution >= 4 is 21.5 Å². The molecule has 2 heterocycles. The lowest BCUT2D eigenvalue weighted by molar-refractivity contribution is -0.143. The number of likely N-dealkylation sites (N-methyl/N-ethyl adjacent to an activating group) is 1. The van der Waals surface area contributed by atoms with E-state index >= 15 is 0 Å². The van der Waals surface area contributed by atoms with E-state index in [1.165, 1.54) is 18.2 Å². The van der Waals surface area contributed by atoms with Gasteiger partial charge in [-0.1, -0.05) is 12.1 Å². The Morgan fingerprint density at radius 1 is 0.811 bits per heavy atom. The summed E-state index contributed by atoms with van der Waals surface area (Å²) in [5, 5.41) is 8.41. The van der Waals surface area contributed by atoms with Gasteiger partial charge in [0.25, 0.3) is 10.0 Å². The molecule has 1 fully saturated rings. The van der Waals surface area contributed by atoms with Crippen LogP contribution in [0.3, 0.4) is 0 Å². The molecule has 0 spiro atoms. The molecule has 0 saturated carbocycles. The average Bonchev–Trinajstić information content (AvgIpc) is 2.83. The van der Waals surface area contributed by atoms with Gasteiger partial charge in [-0.15, -0.1) is 10.2 Å². The van der Waals surface area contributed by atoms with Crippen LogP contribution in [0.15, 0.2) is 59.5 Å². The highest BCUT2D eigenvalue weighted by molar-refractivity contribution is 7.92. The predicted octanol–water partition coefficient (Wildman–Crippen LogP) is 4.73. The molecule has 0 bridgehead atoms. The summed E-state index contributed by atoms with van der Waals surface area (Å²) in [7, 11) is -2.78. The van der Waals surface area contributed by atoms with Crippen LogP contribution in [-0.4, -0.2) is 56.7 Å². The van der Waals surface area contributed by atoms with E-state index in [4.69, 9.17) is 0 Å². The molecule has 0 unspecified atom stereocenters. The molecule has 0 atom stereocenters. The summed E-state index contributed by atoms with van der Waals surface area (Å²) < 4.78 is 107. The summed E-state index contributed by atoms with van der Waals surface area (Å²) in [6, 6.07) is 9.39.